The van der Waals surface area contributed by atoms with Crippen molar-refractivity contribution < 1.29 is 31.5 Å². The van der Waals surface area contributed by atoms with E-state index >= 15 is 0 Å². The van der Waals surface area contributed by atoms with E-state index in [1.165, 1.54) is 18.2 Å². The second-order valence-electron chi connectivity index (χ2n) is 10.5. The Labute approximate surface area is 240 Å². The highest BCUT2D eigenvalue weighted by molar-refractivity contribution is 6.31. The number of piperidine rings is 1. The minimum Gasteiger partial charge on any atom is -0.365 e. The van der Waals surface area contributed by atoms with Gasteiger partial charge in [-0.25, -0.2) is 8.78 Å². The van der Waals surface area contributed by atoms with Gasteiger partial charge in [0.2, 0.25) is 5.91 Å². The van der Waals surface area contributed by atoms with Crippen molar-refractivity contribution in [1.82, 2.24) is 15.5 Å². The number of rotatable bonds is 8. The number of hydrogen-bond acceptors (Lipinski definition) is 5. The lowest BCUT2D eigenvalue weighted by Gasteiger charge is -2.42. The van der Waals surface area contributed by atoms with Gasteiger partial charge in [0.25, 0.3) is 5.91 Å². The predicted molar refractivity (Wildman–Crippen MR) is 147 cm³/mol. The molecule has 13 heteroatoms. The number of benzene rings is 2. The Hall–Kier alpha value is -2.96. The summed E-state index contributed by atoms with van der Waals surface area (Å²) in [5, 5.41) is 8.76. The van der Waals surface area contributed by atoms with Gasteiger partial charge >= 0.3 is 6.18 Å². The number of halogens is 6. The van der Waals surface area contributed by atoms with Gasteiger partial charge in [0.1, 0.15) is 0 Å². The molecule has 2 saturated heterocycles. The van der Waals surface area contributed by atoms with Gasteiger partial charge < -0.3 is 20.9 Å². The molecule has 0 bridgehead atoms. The first-order chi connectivity index (χ1) is 19.4. The molecule has 0 spiro atoms. The third-order valence-electron chi connectivity index (χ3n) is 7.47. The minimum absolute atomic E-state index is 0.0828. The normalized spacial score (nSPS) is 20.1. The van der Waals surface area contributed by atoms with Crippen LogP contribution in [0.2, 0.25) is 5.02 Å². The molecule has 0 radical (unpaired) electrons. The van der Waals surface area contributed by atoms with Gasteiger partial charge in [-0.15, -0.1) is 0 Å². The minimum atomic E-state index is -4.24. The number of carbonyl (C=O) groups excluding carboxylic acids is 2. The zero-order valence-corrected chi connectivity index (χ0v) is 23.3. The van der Waals surface area contributed by atoms with Gasteiger partial charge in [-0.2, -0.15) is 13.2 Å². The van der Waals surface area contributed by atoms with Gasteiger partial charge in [0, 0.05) is 55.9 Å². The molecular formula is C28H33ClF5N5O2. The summed E-state index contributed by atoms with van der Waals surface area (Å²) in [5.74, 6) is -3.92. The first-order valence-corrected chi connectivity index (χ1v) is 13.9. The van der Waals surface area contributed by atoms with Crippen LogP contribution in [0.1, 0.15) is 42.1 Å². The van der Waals surface area contributed by atoms with Crippen LogP contribution in [0, 0.1) is 17.6 Å². The summed E-state index contributed by atoms with van der Waals surface area (Å²) >= 11 is 6.21. The quantitative estimate of drug-likeness (QED) is 0.374. The highest BCUT2D eigenvalue weighted by Gasteiger charge is 2.31. The van der Waals surface area contributed by atoms with E-state index in [1.807, 2.05) is 11.8 Å². The molecule has 0 aliphatic carbocycles. The smallest absolute Gasteiger partial charge is 0.365 e. The summed E-state index contributed by atoms with van der Waals surface area (Å²) in [4.78, 5) is 29.0. The zero-order chi connectivity index (χ0) is 29.7. The lowest BCUT2D eigenvalue weighted by atomic mass is 9.98. The predicted octanol–water partition coefficient (Wildman–Crippen LogP) is 4.95. The Morgan fingerprint density at radius 2 is 1.90 bits per heavy atom. The van der Waals surface area contributed by atoms with Gasteiger partial charge in [-0.3, -0.25) is 14.5 Å². The molecule has 0 saturated carbocycles. The van der Waals surface area contributed by atoms with Crippen molar-refractivity contribution in [3.63, 3.8) is 0 Å². The highest BCUT2D eigenvalue weighted by atomic mass is 35.5. The number of alkyl halides is 3. The van der Waals surface area contributed by atoms with Crippen LogP contribution in [0.3, 0.4) is 0 Å². The van der Waals surface area contributed by atoms with E-state index in [9.17, 15) is 31.5 Å². The monoisotopic (exact) mass is 601 g/mol. The van der Waals surface area contributed by atoms with E-state index in [0.29, 0.717) is 49.0 Å². The topological polar surface area (TPSA) is 76.7 Å². The molecule has 41 heavy (non-hydrogen) atoms. The fraction of sp³-hybridized carbons (Fsp3) is 0.500. The van der Waals surface area contributed by atoms with Crippen molar-refractivity contribution in [2.24, 2.45) is 5.92 Å². The number of nitrogens with one attached hydrogen (secondary N) is 3. The Morgan fingerprint density at radius 1 is 1.12 bits per heavy atom. The first-order valence-electron chi connectivity index (χ1n) is 13.5. The van der Waals surface area contributed by atoms with Crippen molar-refractivity contribution in [3.05, 3.63) is 58.1 Å². The zero-order valence-electron chi connectivity index (χ0n) is 22.6. The van der Waals surface area contributed by atoms with Crippen LogP contribution in [-0.4, -0.2) is 68.2 Å². The van der Waals surface area contributed by atoms with E-state index in [2.05, 4.69) is 16.0 Å². The molecule has 2 amide bonds. The molecule has 224 valence electrons. The molecule has 2 heterocycles. The molecule has 2 fully saturated rings. The molecule has 2 aliphatic heterocycles. The molecule has 0 aromatic heterocycles. The molecule has 2 atom stereocenters. The van der Waals surface area contributed by atoms with E-state index < -0.39 is 35.7 Å². The number of nitrogens with zero attached hydrogens (tertiary/aromatic N) is 2. The summed E-state index contributed by atoms with van der Waals surface area (Å²) < 4.78 is 67.9. The van der Waals surface area contributed by atoms with Crippen molar-refractivity contribution in [2.45, 2.75) is 44.9 Å². The third-order valence-corrected chi connectivity index (χ3v) is 7.70. The van der Waals surface area contributed by atoms with E-state index in [4.69, 9.17) is 11.6 Å². The second-order valence-corrected chi connectivity index (χ2v) is 10.9. The molecule has 3 N–H and O–H groups in total. The molecule has 4 rings (SSSR count). The van der Waals surface area contributed by atoms with Crippen molar-refractivity contribution >= 4 is 34.8 Å². The van der Waals surface area contributed by atoms with Crippen LogP contribution in [0.25, 0.3) is 0 Å². The van der Waals surface area contributed by atoms with Crippen molar-refractivity contribution in [3.8, 4) is 0 Å². The lowest BCUT2D eigenvalue weighted by molar-refractivity contribution is -0.138. The average molecular weight is 602 g/mol. The summed E-state index contributed by atoms with van der Waals surface area (Å²) in [7, 11) is 0. The van der Waals surface area contributed by atoms with Crippen LogP contribution < -0.4 is 20.9 Å². The molecule has 2 aliphatic rings. The Balaban J connectivity index is 1.43. The van der Waals surface area contributed by atoms with Gasteiger partial charge in [0.05, 0.1) is 29.3 Å². The number of amides is 2. The second kappa shape index (κ2) is 13.3. The van der Waals surface area contributed by atoms with Gasteiger partial charge in [-0.05, 0) is 50.6 Å². The maximum absolute atomic E-state index is 15.0. The molecular weight excluding hydrogens is 569 g/mol. The van der Waals surface area contributed by atoms with Crippen LogP contribution in [0.4, 0.5) is 33.3 Å². The molecule has 1 unspecified atom stereocenters. The van der Waals surface area contributed by atoms with E-state index in [1.54, 1.807) is 11.0 Å². The van der Waals surface area contributed by atoms with Crippen LogP contribution >= 0.6 is 11.6 Å². The number of hydrogen-bond donors (Lipinski definition) is 3. The number of anilines is 2. The van der Waals surface area contributed by atoms with E-state index in [0.717, 1.165) is 19.0 Å². The average Bonchev–Trinajstić information content (AvgIpc) is 2.93. The summed E-state index contributed by atoms with van der Waals surface area (Å²) in [6.45, 7) is 4.01. The summed E-state index contributed by atoms with van der Waals surface area (Å²) in [5.41, 5.74) is 0.221. The van der Waals surface area contributed by atoms with Crippen LogP contribution in [-0.2, 0) is 11.3 Å². The fourth-order valence-corrected chi connectivity index (χ4v) is 5.39. The van der Waals surface area contributed by atoms with Crippen LogP contribution in [0.15, 0.2) is 30.3 Å². The van der Waals surface area contributed by atoms with E-state index in [-0.39, 0.29) is 36.5 Å². The Kier molecular flexibility index (Phi) is 10.1. The molecule has 2 aromatic rings. The highest BCUT2D eigenvalue weighted by Crippen LogP contribution is 2.33. The SMILES string of the molecule is C[C@@H]1CN(CCC(F)(F)F)CCN1c1cc(Cl)ccc1NC(=O)c1ccc(CNC(=O)C2CCCNC2)c(F)c1F. The van der Waals surface area contributed by atoms with Gasteiger partial charge in [-0.1, -0.05) is 17.7 Å². The summed E-state index contributed by atoms with van der Waals surface area (Å²) in [6, 6.07) is 6.90. The van der Waals surface area contributed by atoms with Gasteiger partial charge in [0.15, 0.2) is 11.6 Å². The molecule has 2 aromatic carbocycles. The largest absolute Gasteiger partial charge is 0.390 e. The number of carbonyl (C=O) groups is 2. The lowest BCUT2D eigenvalue weighted by Crippen LogP contribution is -2.52. The standard InChI is InChI=1S/C28H33ClF5N5O2/c1-17-16-38(10-8-28(32,33)34)11-12-39(17)23-13-20(29)5-7-22(23)37-27(41)21-6-4-18(24(30)25(21)31)15-36-26(40)19-3-2-9-35-14-19/h4-7,13,17,19,35H,2-3,8-12,14-16H2,1H3,(H,36,40)(H,37,41)/t17-,19?/m1/s1. The first kappa shape index (κ1) is 31.0. The Morgan fingerprint density at radius 3 is 2.59 bits per heavy atom. The maximum Gasteiger partial charge on any atom is 0.390 e. The van der Waals surface area contributed by atoms with Crippen molar-refractivity contribution in [1.29, 1.82) is 0 Å². The molecule has 7 nitrogen and oxygen atoms in total. The van der Waals surface area contributed by atoms with Crippen LogP contribution in [0.5, 0.6) is 0 Å². The fourth-order valence-electron chi connectivity index (χ4n) is 5.22. The number of piperazine rings is 1. The third kappa shape index (κ3) is 8.08. The Bertz CT molecular complexity index is 1260. The van der Waals surface area contributed by atoms with Crippen molar-refractivity contribution in [2.75, 3.05) is 49.5 Å². The maximum atomic E-state index is 15.0. The summed E-state index contributed by atoms with van der Waals surface area (Å²) in [6.07, 6.45) is -3.56.